The van der Waals surface area contributed by atoms with Crippen LogP contribution in [0, 0.1) is 0 Å². The van der Waals surface area contributed by atoms with Gasteiger partial charge in [-0.15, -0.1) is 0 Å². The number of alkyl carbamates (subject to hydrolysis) is 1. The minimum absolute atomic E-state index is 0.0473. The molecule has 1 amide bonds. The molecule has 1 aliphatic carbocycles. The van der Waals surface area contributed by atoms with Crippen LogP contribution in [0.3, 0.4) is 0 Å². The number of ether oxygens (including phenoxy) is 1. The number of rotatable bonds is 6. The minimum Gasteiger partial charge on any atom is -0.449 e. The third-order valence-electron chi connectivity index (χ3n) is 5.48. The molecule has 0 heterocycles. The fraction of sp³-hybridized carbons (Fsp3) is 0.200. The van der Waals surface area contributed by atoms with E-state index in [-0.39, 0.29) is 12.0 Å². The van der Waals surface area contributed by atoms with Crippen molar-refractivity contribution < 1.29 is 14.3 Å². The molecule has 0 saturated carbocycles. The summed E-state index contributed by atoms with van der Waals surface area (Å²) in [5.74, 6) is 0.0473. The predicted molar refractivity (Wildman–Crippen MR) is 113 cm³/mol. The largest absolute Gasteiger partial charge is 0.449 e. The van der Waals surface area contributed by atoms with Gasteiger partial charge < -0.3 is 14.8 Å². The summed E-state index contributed by atoms with van der Waals surface area (Å²) in [4.78, 5) is 23.0. The maximum Gasteiger partial charge on any atom is 0.407 e. The zero-order chi connectivity index (χ0) is 20.2. The van der Waals surface area contributed by atoms with Crippen molar-refractivity contribution in [3.63, 3.8) is 0 Å². The van der Waals surface area contributed by atoms with Gasteiger partial charge in [0, 0.05) is 12.3 Å². The molecule has 0 spiro atoms. The highest BCUT2D eigenvalue weighted by molar-refractivity contribution is 5.79. The fourth-order valence-electron chi connectivity index (χ4n) is 3.94. The number of aldehydes is 1. The molecule has 0 bridgehead atoms. The molecule has 3 aromatic rings. The van der Waals surface area contributed by atoms with E-state index < -0.39 is 6.09 Å². The van der Waals surface area contributed by atoms with Gasteiger partial charge in [0.05, 0.1) is 6.04 Å². The molecule has 0 aromatic heterocycles. The molecular weight excluding hydrogens is 362 g/mol. The van der Waals surface area contributed by atoms with Crippen LogP contribution in [0.5, 0.6) is 0 Å². The molecule has 1 aliphatic rings. The zero-order valence-electron chi connectivity index (χ0n) is 16.3. The first-order valence-corrected chi connectivity index (χ1v) is 9.81. The highest BCUT2D eigenvalue weighted by atomic mass is 16.5. The fourth-order valence-corrected chi connectivity index (χ4v) is 3.94. The van der Waals surface area contributed by atoms with Crippen LogP contribution in [0.4, 0.5) is 4.79 Å². The van der Waals surface area contributed by atoms with E-state index in [9.17, 15) is 9.59 Å². The summed E-state index contributed by atoms with van der Waals surface area (Å²) < 4.78 is 5.60. The van der Waals surface area contributed by atoms with Crippen molar-refractivity contribution >= 4 is 12.4 Å². The summed E-state index contributed by atoms with van der Waals surface area (Å²) in [5, 5.41) is 2.89. The lowest BCUT2D eigenvalue weighted by Gasteiger charge is -2.17. The average molecular weight is 385 g/mol. The van der Waals surface area contributed by atoms with E-state index in [0.717, 1.165) is 17.4 Å². The van der Waals surface area contributed by atoms with Crippen molar-refractivity contribution in [1.29, 1.82) is 0 Å². The lowest BCUT2D eigenvalue weighted by molar-refractivity contribution is -0.107. The number of fused-ring (bicyclic) bond motifs is 3. The quantitative estimate of drug-likeness (QED) is 0.606. The van der Waals surface area contributed by atoms with Crippen LogP contribution in [0.1, 0.15) is 41.1 Å². The van der Waals surface area contributed by atoms with Crippen molar-refractivity contribution in [2.45, 2.75) is 25.3 Å². The van der Waals surface area contributed by atoms with Crippen LogP contribution in [-0.4, -0.2) is 19.0 Å². The Morgan fingerprint density at radius 2 is 1.55 bits per heavy atom. The van der Waals surface area contributed by atoms with E-state index in [2.05, 4.69) is 29.6 Å². The Labute approximate surface area is 170 Å². The predicted octanol–water partition coefficient (Wildman–Crippen LogP) is 5.03. The van der Waals surface area contributed by atoms with Crippen molar-refractivity contribution in [2.24, 2.45) is 0 Å². The Morgan fingerprint density at radius 1 is 0.966 bits per heavy atom. The van der Waals surface area contributed by atoms with Crippen LogP contribution in [0.2, 0.25) is 0 Å². The van der Waals surface area contributed by atoms with Crippen LogP contribution >= 0.6 is 0 Å². The summed E-state index contributed by atoms with van der Waals surface area (Å²) in [6, 6.07) is 24.0. The Kier molecular flexibility index (Phi) is 5.43. The molecule has 4 nitrogen and oxygen atoms in total. The summed E-state index contributed by atoms with van der Waals surface area (Å²) in [5.41, 5.74) is 6.73. The Balaban J connectivity index is 1.40. The minimum atomic E-state index is -0.434. The van der Waals surface area contributed by atoms with Gasteiger partial charge in [-0.25, -0.2) is 4.79 Å². The van der Waals surface area contributed by atoms with Crippen molar-refractivity contribution in [2.75, 3.05) is 6.61 Å². The molecule has 0 saturated heterocycles. The normalized spacial score (nSPS) is 13.3. The number of carbonyl (C=O) groups is 2. The van der Waals surface area contributed by atoms with Crippen LogP contribution in [0.25, 0.3) is 11.1 Å². The SMILES string of the molecule is C[C@H](NC(=O)OCC1c2ccccc2-c2ccccc21)c1ccc(CC=O)cc1. The first-order valence-electron chi connectivity index (χ1n) is 9.81. The van der Waals surface area contributed by atoms with Gasteiger partial charge >= 0.3 is 6.09 Å². The second kappa shape index (κ2) is 8.31. The maximum absolute atomic E-state index is 12.4. The molecule has 3 aromatic carbocycles. The molecule has 4 rings (SSSR count). The van der Waals surface area contributed by atoms with Crippen LogP contribution < -0.4 is 5.32 Å². The summed E-state index contributed by atoms with van der Waals surface area (Å²) in [6.07, 6.45) is 0.846. The van der Waals surface area contributed by atoms with E-state index in [1.807, 2.05) is 55.5 Å². The molecule has 1 atom stereocenters. The topological polar surface area (TPSA) is 55.4 Å². The smallest absolute Gasteiger partial charge is 0.407 e. The maximum atomic E-state index is 12.4. The molecule has 0 unspecified atom stereocenters. The highest BCUT2D eigenvalue weighted by Gasteiger charge is 2.29. The summed E-state index contributed by atoms with van der Waals surface area (Å²) in [7, 11) is 0. The second-order valence-corrected chi connectivity index (χ2v) is 7.30. The first kappa shape index (κ1) is 18.9. The van der Waals surface area contributed by atoms with Gasteiger partial charge in [0.15, 0.2) is 0 Å². The molecule has 1 N–H and O–H groups in total. The van der Waals surface area contributed by atoms with E-state index in [1.54, 1.807) is 0 Å². The molecular formula is C25H23NO3. The molecule has 4 heteroatoms. The number of amides is 1. The van der Waals surface area contributed by atoms with Crippen molar-refractivity contribution in [3.8, 4) is 11.1 Å². The number of hydrogen-bond acceptors (Lipinski definition) is 3. The van der Waals surface area contributed by atoms with Gasteiger partial charge in [0.25, 0.3) is 0 Å². The first-order chi connectivity index (χ1) is 14.2. The van der Waals surface area contributed by atoms with Crippen LogP contribution in [0.15, 0.2) is 72.8 Å². The van der Waals surface area contributed by atoms with E-state index in [1.165, 1.54) is 22.3 Å². The summed E-state index contributed by atoms with van der Waals surface area (Å²) in [6.45, 7) is 2.21. The lowest BCUT2D eigenvalue weighted by atomic mass is 9.98. The van der Waals surface area contributed by atoms with E-state index in [4.69, 9.17) is 4.74 Å². The number of hydrogen-bond donors (Lipinski definition) is 1. The van der Waals surface area contributed by atoms with E-state index >= 15 is 0 Å². The van der Waals surface area contributed by atoms with Crippen molar-refractivity contribution in [3.05, 3.63) is 95.1 Å². The third-order valence-corrected chi connectivity index (χ3v) is 5.48. The van der Waals surface area contributed by atoms with Gasteiger partial charge in [-0.1, -0.05) is 72.8 Å². The Bertz CT molecular complexity index is 981. The van der Waals surface area contributed by atoms with Gasteiger partial charge in [0.2, 0.25) is 0 Å². The molecule has 0 radical (unpaired) electrons. The summed E-state index contributed by atoms with van der Waals surface area (Å²) >= 11 is 0. The molecule has 29 heavy (non-hydrogen) atoms. The molecule has 146 valence electrons. The third kappa shape index (κ3) is 3.92. The van der Waals surface area contributed by atoms with Gasteiger partial charge in [-0.2, -0.15) is 0 Å². The number of carbonyl (C=O) groups excluding carboxylic acids is 2. The van der Waals surface area contributed by atoms with Gasteiger partial charge in [-0.05, 0) is 40.3 Å². The molecule has 0 aliphatic heterocycles. The number of nitrogens with one attached hydrogen (secondary N) is 1. The Morgan fingerprint density at radius 3 is 2.14 bits per heavy atom. The monoisotopic (exact) mass is 385 g/mol. The van der Waals surface area contributed by atoms with Crippen LogP contribution in [-0.2, 0) is 16.0 Å². The van der Waals surface area contributed by atoms with Gasteiger partial charge in [0.1, 0.15) is 12.9 Å². The average Bonchev–Trinajstić information content (AvgIpc) is 3.07. The number of benzene rings is 3. The van der Waals surface area contributed by atoms with Gasteiger partial charge in [-0.3, -0.25) is 0 Å². The van der Waals surface area contributed by atoms with Crippen molar-refractivity contribution in [1.82, 2.24) is 5.32 Å². The Hall–Kier alpha value is -3.40. The zero-order valence-corrected chi connectivity index (χ0v) is 16.3. The lowest BCUT2D eigenvalue weighted by Crippen LogP contribution is -2.28. The van der Waals surface area contributed by atoms with E-state index in [0.29, 0.717) is 13.0 Å². The molecule has 0 fully saturated rings. The standard InChI is InChI=1S/C25H23NO3/c1-17(19-12-10-18(11-13-19)14-15-27)26-25(28)29-16-24-22-8-4-2-6-20(22)21-7-3-5-9-23(21)24/h2-13,15,17,24H,14,16H2,1H3,(H,26,28)/t17-/m0/s1. The highest BCUT2D eigenvalue weighted by Crippen LogP contribution is 2.44. The second-order valence-electron chi connectivity index (χ2n) is 7.30.